The number of halogens is 2. The van der Waals surface area contributed by atoms with Crippen molar-refractivity contribution >= 4 is 50.7 Å². The van der Waals surface area contributed by atoms with Crippen molar-refractivity contribution in [2.45, 2.75) is 33.1 Å². The zero-order chi connectivity index (χ0) is 28.2. The van der Waals surface area contributed by atoms with E-state index in [1.54, 1.807) is 12.1 Å². The van der Waals surface area contributed by atoms with Crippen molar-refractivity contribution in [2.24, 2.45) is 0 Å². The van der Waals surface area contributed by atoms with E-state index in [1.165, 1.54) is 0 Å². The number of nitrogens with zero attached hydrogens (tertiary/aromatic N) is 2. The summed E-state index contributed by atoms with van der Waals surface area (Å²) in [5.41, 5.74) is 2.54. The molecule has 2 aromatic carbocycles. The molecule has 0 fully saturated rings. The monoisotopic (exact) mass is 596 g/mol. The van der Waals surface area contributed by atoms with Gasteiger partial charge in [-0.1, -0.05) is 60.5 Å². The fourth-order valence-electron chi connectivity index (χ4n) is 4.30. The quantitative estimate of drug-likeness (QED) is 0.198. The zero-order valence-electron chi connectivity index (χ0n) is 22.6. The van der Waals surface area contributed by atoms with Gasteiger partial charge in [0.25, 0.3) is 0 Å². The van der Waals surface area contributed by atoms with Crippen LogP contribution < -0.4 is 10.2 Å². The van der Waals surface area contributed by atoms with Gasteiger partial charge < -0.3 is 29.9 Å². The highest BCUT2D eigenvalue weighted by molar-refractivity contribution is 7.16. The molecular weight excluding hydrogens is 559 g/mol. The van der Waals surface area contributed by atoms with Gasteiger partial charge in [0.15, 0.2) is 0 Å². The van der Waals surface area contributed by atoms with Gasteiger partial charge in [0.05, 0.1) is 34.4 Å². The maximum Gasteiger partial charge on any atom is 0.305 e. The van der Waals surface area contributed by atoms with E-state index in [0.29, 0.717) is 74.2 Å². The van der Waals surface area contributed by atoms with Crippen molar-refractivity contribution in [1.29, 1.82) is 0 Å². The minimum absolute atomic E-state index is 0.0795. The number of nitrogens with one attached hydrogen (secondary N) is 2. The zero-order valence-corrected chi connectivity index (χ0v) is 24.9. The number of phenols is 1. The number of H-pyrrole nitrogens is 1. The number of hydrogen-bond donors (Lipinski definition) is 3. The van der Waals surface area contributed by atoms with Crippen LogP contribution in [0, 0.1) is 0 Å². The van der Waals surface area contributed by atoms with Crippen molar-refractivity contribution in [3.63, 3.8) is 0 Å². The molecule has 1 aromatic heterocycles. The molecule has 0 bridgehead atoms. The number of aromatic nitrogens is 1. The lowest BCUT2D eigenvalue weighted by Gasteiger charge is -2.27. The fraction of sp³-hybridized carbons (Fsp3) is 0.500. The van der Waals surface area contributed by atoms with Crippen molar-refractivity contribution in [3.8, 4) is 5.75 Å². The standard InChI is InChI=1S/C28H38Cl2N4O4S/c1-3-33(4-2)15-16-34(25(36)11-18-38-17-10-20-5-7-22(29)23(30)19-20)14-13-31-12-9-21-6-8-24(35)26-27(21)39-28(37)32-26/h5-8,19,31,35H,3-4,9-18H2,1-2H3,(H,32,37). The average molecular weight is 598 g/mol. The number of aromatic amines is 1. The lowest BCUT2D eigenvalue weighted by atomic mass is 10.1. The van der Waals surface area contributed by atoms with Crippen LogP contribution >= 0.6 is 34.5 Å². The molecule has 0 radical (unpaired) electrons. The summed E-state index contributed by atoms with van der Waals surface area (Å²) in [4.78, 5) is 31.5. The molecule has 1 heterocycles. The van der Waals surface area contributed by atoms with E-state index in [-0.39, 0.29) is 16.5 Å². The van der Waals surface area contributed by atoms with Crippen molar-refractivity contribution in [3.05, 3.63) is 61.2 Å². The normalized spacial score (nSPS) is 11.5. The summed E-state index contributed by atoms with van der Waals surface area (Å²) in [5.74, 6) is 0.164. The smallest absolute Gasteiger partial charge is 0.305 e. The van der Waals surface area contributed by atoms with Crippen LogP contribution in [0.15, 0.2) is 35.1 Å². The van der Waals surface area contributed by atoms with Crippen LogP contribution in [0.3, 0.4) is 0 Å². The number of fused-ring (bicyclic) bond motifs is 1. The van der Waals surface area contributed by atoms with E-state index in [4.69, 9.17) is 27.9 Å². The molecule has 0 spiro atoms. The predicted molar refractivity (Wildman–Crippen MR) is 161 cm³/mol. The van der Waals surface area contributed by atoms with Crippen LogP contribution in [0.2, 0.25) is 10.0 Å². The lowest BCUT2D eigenvalue weighted by Crippen LogP contribution is -2.42. The Morgan fingerprint density at radius 1 is 1.03 bits per heavy atom. The second-order valence-electron chi connectivity index (χ2n) is 9.23. The van der Waals surface area contributed by atoms with Crippen LogP contribution in [-0.4, -0.2) is 84.8 Å². The van der Waals surface area contributed by atoms with Gasteiger partial charge in [0.2, 0.25) is 5.91 Å². The molecule has 0 saturated carbocycles. The molecule has 3 N–H and O–H groups in total. The summed E-state index contributed by atoms with van der Waals surface area (Å²) in [6.07, 6.45) is 1.75. The minimum atomic E-state index is -0.179. The summed E-state index contributed by atoms with van der Waals surface area (Å²) in [6, 6.07) is 9.00. The van der Waals surface area contributed by atoms with Crippen LogP contribution in [0.5, 0.6) is 5.75 Å². The van der Waals surface area contributed by atoms with E-state index in [0.717, 1.165) is 46.8 Å². The van der Waals surface area contributed by atoms with Crippen molar-refractivity contribution in [2.75, 3.05) is 59.0 Å². The molecule has 0 aliphatic carbocycles. The van der Waals surface area contributed by atoms with Gasteiger partial charge in [-0.15, -0.1) is 0 Å². The Hall–Kier alpha value is -2.14. The molecule has 0 aliphatic heterocycles. The van der Waals surface area contributed by atoms with Gasteiger partial charge in [-0.25, -0.2) is 0 Å². The molecule has 214 valence electrons. The molecule has 39 heavy (non-hydrogen) atoms. The van der Waals surface area contributed by atoms with Crippen LogP contribution in [0.4, 0.5) is 0 Å². The molecular formula is C28H38Cl2N4O4S. The number of hydrogen-bond acceptors (Lipinski definition) is 7. The number of carbonyl (C=O) groups is 1. The van der Waals surface area contributed by atoms with Crippen molar-refractivity contribution in [1.82, 2.24) is 20.1 Å². The van der Waals surface area contributed by atoms with Gasteiger partial charge in [-0.05, 0) is 61.8 Å². The highest BCUT2D eigenvalue weighted by atomic mass is 35.5. The van der Waals surface area contributed by atoms with Crippen LogP contribution in [0.1, 0.15) is 31.4 Å². The summed E-state index contributed by atoms with van der Waals surface area (Å²) >= 11 is 13.2. The first-order valence-electron chi connectivity index (χ1n) is 13.4. The third-order valence-corrected chi connectivity index (χ3v) is 8.38. The van der Waals surface area contributed by atoms with E-state index < -0.39 is 0 Å². The molecule has 0 aliphatic rings. The van der Waals surface area contributed by atoms with Gasteiger partial charge in [0.1, 0.15) is 11.3 Å². The number of amides is 1. The van der Waals surface area contributed by atoms with Crippen molar-refractivity contribution < 1.29 is 14.6 Å². The van der Waals surface area contributed by atoms with E-state index in [2.05, 4.69) is 29.0 Å². The molecule has 1 amide bonds. The number of ether oxygens (including phenoxy) is 1. The first kappa shape index (κ1) is 31.4. The molecule has 8 nitrogen and oxygen atoms in total. The maximum atomic E-state index is 13.0. The number of aromatic hydroxyl groups is 1. The Kier molecular flexibility index (Phi) is 13.0. The van der Waals surface area contributed by atoms with Gasteiger partial charge in [-0.3, -0.25) is 9.59 Å². The summed E-state index contributed by atoms with van der Waals surface area (Å²) in [7, 11) is 0. The second kappa shape index (κ2) is 16.2. The molecule has 0 saturated heterocycles. The number of benzene rings is 2. The number of likely N-dealkylation sites (N-methyl/N-ethyl adjacent to an activating group) is 1. The Morgan fingerprint density at radius 2 is 1.82 bits per heavy atom. The first-order valence-corrected chi connectivity index (χ1v) is 15.0. The molecule has 0 unspecified atom stereocenters. The van der Waals surface area contributed by atoms with Crippen LogP contribution in [0.25, 0.3) is 10.2 Å². The molecule has 3 rings (SSSR count). The number of rotatable bonds is 17. The number of carbonyl (C=O) groups excluding carboxylic acids is 1. The predicted octanol–water partition coefficient (Wildman–Crippen LogP) is 4.55. The highest BCUT2D eigenvalue weighted by Crippen LogP contribution is 2.28. The second-order valence-corrected chi connectivity index (χ2v) is 11.0. The minimum Gasteiger partial charge on any atom is -0.506 e. The molecule has 3 aromatic rings. The van der Waals surface area contributed by atoms with Gasteiger partial charge >= 0.3 is 4.87 Å². The highest BCUT2D eigenvalue weighted by Gasteiger charge is 2.15. The van der Waals surface area contributed by atoms with E-state index >= 15 is 0 Å². The SMILES string of the molecule is CCN(CC)CCN(CCNCCc1ccc(O)c2[nH]c(=O)sc12)C(=O)CCOCCc1ccc(Cl)c(Cl)c1. The van der Waals surface area contributed by atoms with E-state index in [1.807, 2.05) is 23.1 Å². The Morgan fingerprint density at radius 3 is 2.56 bits per heavy atom. The largest absolute Gasteiger partial charge is 0.506 e. The first-order chi connectivity index (χ1) is 18.8. The summed E-state index contributed by atoms with van der Waals surface area (Å²) in [5, 5.41) is 14.5. The third kappa shape index (κ3) is 9.77. The van der Waals surface area contributed by atoms with E-state index in [9.17, 15) is 14.7 Å². The Bertz CT molecular complexity index is 1260. The fourth-order valence-corrected chi connectivity index (χ4v) is 5.52. The van der Waals surface area contributed by atoms with Gasteiger partial charge in [-0.2, -0.15) is 0 Å². The topological polar surface area (TPSA) is 97.9 Å². The van der Waals surface area contributed by atoms with Crippen LogP contribution in [-0.2, 0) is 22.4 Å². The lowest BCUT2D eigenvalue weighted by molar-refractivity contribution is -0.132. The Balaban J connectivity index is 1.44. The summed E-state index contributed by atoms with van der Waals surface area (Å²) in [6.45, 7) is 10.5. The summed E-state index contributed by atoms with van der Waals surface area (Å²) < 4.78 is 6.53. The maximum absolute atomic E-state index is 13.0. The molecule has 11 heteroatoms. The molecule has 0 atom stereocenters. The number of thiazole rings is 1. The average Bonchev–Trinajstić information content (AvgIpc) is 3.33. The Labute approximate surface area is 243 Å². The third-order valence-electron chi connectivity index (χ3n) is 6.68. The van der Waals surface area contributed by atoms with Gasteiger partial charge in [0, 0.05) is 26.2 Å². The number of phenolic OH excluding ortho intramolecular Hbond substituents is 1.